The van der Waals surface area contributed by atoms with Gasteiger partial charge in [0.1, 0.15) is 5.82 Å². The highest BCUT2D eigenvalue weighted by molar-refractivity contribution is 5.68. The lowest BCUT2D eigenvalue weighted by atomic mass is 10.1. The number of hydrazine groups is 1. The number of hydrogen-bond donors (Lipinski definition) is 3. The fourth-order valence-corrected chi connectivity index (χ4v) is 2.41. The van der Waals surface area contributed by atoms with E-state index in [4.69, 9.17) is 11.6 Å². The maximum atomic E-state index is 10.5. The number of hydrogen-bond acceptors (Lipinski definition) is 8. The molecule has 0 radical (unpaired) electrons. The number of aryl methyl sites for hydroxylation is 1. The minimum absolute atomic E-state index is 0.221. The summed E-state index contributed by atoms with van der Waals surface area (Å²) in [7, 11) is 1.82. The molecule has 10 heteroatoms. The molecule has 3 aromatic rings. The Hall–Kier alpha value is -3.53. The van der Waals surface area contributed by atoms with Crippen LogP contribution in [0.5, 0.6) is 0 Å². The first-order valence-corrected chi connectivity index (χ1v) is 8.81. The summed E-state index contributed by atoms with van der Waals surface area (Å²) >= 11 is 0. The van der Waals surface area contributed by atoms with Gasteiger partial charge in [-0.05, 0) is 18.6 Å². The summed E-state index contributed by atoms with van der Waals surface area (Å²) in [6.45, 7) is 5.89. The van der Waals surface area contributed by atoms with Gasteiger partial charge >= 0.3 is 0 Å². The molecule has 0 fully saturated rings. The summed E-state index contributed by atoms with van der Waals surface area (Å²) in [5.41, 5.74) is 8.24. The van der Waals surface area contributed by atoms with E-state index in [0.29, 0.717) is 23.7 Å². The minimum Gasteiger partial charge on any atom is -0.381 e. The minimum atomic E-state index is -0.270. The van der Waals surface area contributed by atoms with Crippen LogP contribution in [0, 0.1) is 0 Å². The molecule has 3 heterocycles. The Bertz CT molecular complexity index is 908. The predicted molar refractivity (Wildman–Crippen MR) is 109 cm³/mol. The van der Waals surface area contributed by atoms with Crippen LogP contribution in [0.3, 0.4) is 0 Å². The predicted octanol–water partition coefficient (Wildman–Crippen LogP) is 1.89. The second-order valence-electron chi connectivity index (χ2n) is 5.69. The molecule has 0 spiro atoms. The molecule has 1 amide bonds. The zero-order valence-electron chi connectivity index (χ0n) is 16.4. The molecule has 1 unspecified atom stereocenters. The third kappa shape index (κ3) is 4.60. The second-order valence-corrected chi connectivity index (χ2v) is 5.69. The number of nitrogens with two attached hydrogens (primary N) is 2. The first-order chi connectivity index (χ1) is 13.5. The molecule has 0 aliphatic heterocycles. The van der Waals surface area contributed by atoms with Crippen molar-refractivity contribution in [3.05, 3.63) is 42.5 Å². The van der Waals surface area contributed by atoms with Crippen molar-refractivity contribution in [2.24, 2.45) is 12.9 Å². The maximum absolute atomic E-state index is 10.5. The molecule has 10 nitrogen and oxygen atoms in total. The van der Waals surface area contributed by atoms with Gasteiger partial charge in [0, 0.05) is 25.0 Å². The highest BCUT2D eigenvalue weighted by atomic mass is 16.1. The molecule has 0 saturated heterocycles. The van der Waals surface area contributed by atoms with Gasteiger partial charge in [-0.3, -0.25) is 14.5 Å². The topological polar surface area (TPSA) is 141 Å². The highest BCUT2D eigenvalue weighted by Crippen LogP contribution is 2.28. The third-order valence-electron chi connectivity index (χ3n) is 3.92. The fraction of sp³-hybridized carbons (Fsp3) is 0.278. The number of nitrogen functional groups attached to an aromatic ring is 1. The first-order valence-electron chi connectivity index (χ1n) is 8.81. The van der Waals surface area contributed by atoms with E-state index in [0.717, 1.165) is 11.1 Å². The zero-order valence-corrected chi connectivity index (χ0v) is 16.4. The lowest BCUT2D eigenvalue weighted by molar-refractivity contribution is -0.105. The number of pyridine rings is 1. The molecule has 148 valence electrons. The molecular formula is C18H25N9O. The first kappa shape index (κ1) is 20.8. The Kier molecular flexibility index (Phi) is 6.99. The molecule has 5 N–H and O–H groups in total. The van der Waals surface area contributed by atoms with Gasteiger partial charge in [0.15, 0.2) is 11.6 Å². The van der Waals surface area contributed by atoms with Crippen molar-refractivity contribution in [1.29, 1.82) is 0 Å². The lowest BCUT2D eigenvalue weighted by Crippen LogP contribution is -2.35. The van der Waals surface area contributed by atoms with Crippen LogP contribution in [0.25, 0.3) is 11.3 Å². The van der Waals surface area contributed by atoms with Crippen LogP contribution in [-0.2, 0) is 11.8 Å². The smallest absolute Gasteiger partial charge is 0.212 e. The molecule has 3 rings (SSSR count). The molecular weight excluding hydrogens is 358 g/mol. The summed E-state index contributed by atoms with van der Waals surface area (Å²) in [5.74, 6) is 7.28. The SMILES string of the molecule is CC.CC(c1ccc(NC=O)nc1)N(N)c1nc(-c2cnn(C)c2)cnc1N. The van der Waals surface area contributed by atoms with Crippen LogP contribution in [0.15, 0.2) is 36.9 Å². The monoisotopic (exact) mass is 383 g/mol. The standard InChI is InChI=1S/C16H19N9O.C2H6/c1-10(11-3-4-14(19-5-11)21-9-26)25(18)16-15(17)20-7-13(23-16)12-6-22-24(2)8-12;1-2/h3-10H,18H2,1-2H3,(H2,17,20)(H,19,21,26);1-2H3. The molecule has 0 bridgehead atoms. The van der Waals surface area contributed by atoms with E-state index >= 15 is 0 Å². The average molecular weight is 383 g/mol. The van der Waals surface area contributed by atoms with Crippen molar-refractivity contribution in [2.45, 2.75) is 26.8 Å². The second kappa shape index (κ2) is 9.42. The van der Waals surface area contributed by atoms with Crippen LogP contribution in [0.4, 0.5) is 17.5 Å². The van der Waals surface area contributed by atoms with E-state index in [1.54, 1.807) is 29.3 Å². The number of rotatable bonds is 6. The van der Waals surface area contributed by atoms with E-state index in [1.807, 2.05) is 40.1 Å². The lowest BCUT2D eigenvalue weighted by Gasteiger charge is -2.26. The number of nitrogens with one attached hydrogen (secondary N) is 1. The number of carbonyl (C=O) groups is 1. The van der Waals surface area contributed by atoms with Crippen molar-refractivity contribution in [3.8, 4) is 11.3 Å². The fourth-order valence-electron chi connectivity index (χ4n) is 2.41. The third-order valence-corrected chi connectivity index (χ3v) is 3.92. The van der Waals surface area contributed by atoms with Gasteiger partial charge in [-0.2, -0.15) is 5.10 Å². The number of carbonyl (C=O) groups excluding carboxylic acids is 1. The molecule has 0 aliphatic carbocycles. The highest BCUT2D eigenvalue weighted by Gasteiger charge is 2.19. The quantitative estimate of drug-likeness (QED) is 0.333. The van der Waals surface area contributed by atoms with Crippen LogP contribution in [0.2, 0.25) is 0 Å². The number of aromatic nitrogens is 5. The Morgan fingerprint density at radius 1 is 1.21 bits per heavy atom. The van der Waals surface area contributed by atoms with Gasteiger partial charge in [0.05, 0.1) is 24.1 Å². The maximum Gasteiger partial charge on any atom is 0.212 e. The number of amides is 1. The summed E-state index contributed by atoms with van der Waals surface area (Å²) < 4.78 is 1.68. The van der Waals surface area contributed by atoms with E-state index in [2.05, 4.69) is 25.4 Å². The van der Waals surface area contributed by atoms with Crippen LogP contribution >= 0.6 is 0 Å². The Balaban J connectivity index is 0.00000136. The summed E-state index contributed by atoms with van der Waals surface area (Å²) in [4.78, 5) is 23.3. The Morgan fingerprint density at radius 2 is 1.96 bits per heavy atom. The molecule has 3 aromatic heterocycles. The summed E-state index contributed by atoms with van der Waals surface area (Å²) in [6, 6.07) is 3.24. The Morgan fingerprint density at radius 3 is 2.54 bits per heavy atom. The van der Waals surface area contributed by atoms with Gasteiger partial charge in [-0.15, -0.1) is 0 Å². The van der Waals surface area contributed by atoms with Gasteiger partial charge < -0.3 is 11.1 Å². The zero-order chi connectivity index (χ0) is 20.7. The van der Waals surface area contributed by atoms with Crippen LogP contribution < -0.4 is 21.9 Å². The molecule has 0 aromatic carbocycles. The van der Waals surface area contributed by atoms with Gasteiger partial charge in [0.25, 0.3) is 0 Å². The molecule has 28 heavy (non-hydrogen) atoms. The van der Waals surface area contributed by atoms with E-state index in [-0.39, 0.29) is 11.9 Å². The summed E-state index contributed by atoms with van der Waals surface area (Å²) in [5, 5.41) is 8.05. The van der Waals surface area contributed by atoms with E-state index < -0.39 is 0 Å². The number of nitrogens with zero attached hydrogens (tertiary/aromatic N) is 6. The molecule has 1 atom stereocenters. The molecule has 0 saturated carbocycles. The van der Waals surface area contributed by atoms with E-state index in [1.165, 1.54) is 5.01 Å². The largest absolute Gasteiger partial charge is 0.381 e. The van der Waals surface area contributed by atoms with Crippen molar-refractivity contribution >= 4 is 23.9 Å². The Labute approximate surface area is 163 Å². The van der Waals surface area contributed by atoms with Crippen LogP contribution in [-0.4, -0.2) is 31.1 Å². The van der Waals surface area contributed by atoms with Crippen LogP contribution in [0.1, 0.15) is 32.4 Å². The summed E-state index contributed by atoms with van der Waals surface area (Å²) in [6.07, 6.45) is 7.30. The van der Waals surface area contributed by atoms with Gasteiger partial charge in [-0.25, -0.2) is 20.8 Å². The van der Waals surface area contributed by atoms with Crippen molar-refractivity contribution in [3.63, 3.8) is 0 Å². The van der Waals surface area contributed by atoms with Crippen molar-refractivity contribution < 1.29 is 4.79 Å². The average Bonchev–Trinajstić information content (AvgIpc) is 3.16. The normalized spacial score (nSPS) is 11.2. The van der Waals surface area contributed by atoms with Crippen molar-refractivity contribution in [1.82, 2.24) is 24.7 Å². The van der Waals surface area contributed by atoms with E-state index in [9.17, 15) is 4.79 Å². The van der Waals surface area contributed by atoms with Gasteiger partial charge in [-0.1, -0.05) is 19.9 Å². The van der Waals surface area contributed by atoms with Gasteiger partial charge in [0.2, 0.25) is 6.41 Å². The number of anilines is 3. The molecule has 0 aliphatic rings. The van der Waals surface area contributed by atoms with Crippen molar-refractivity contribution in [2.75, 3.05) is 16.1 Å².